The van der Waals surface area contributed by atoms with Crippen molar-refractivity contribution in [3.63, 3.8) is 0 Å². The van der Waals surface area contributed by atoms with Crippen molar-refractivity contribution < 1.29 is 12.8 Å². The third-order valence-electron chi connectivity index (χ3n) is 3.23. The summed E-state index contributed by atoms with van der Waals surface area (Å²) in [5.74, 6) is -0.602. The van der Waals surface area contributed by atoms with E-state index >= 15 is 0 Å². The fourth-order valence-corrected chi connectivity index (χ4v) is 3.25. The predicted molar refractivity (Wildman–Crippen MR) is 63.4 cm³/mol. The average Bonchev–Trinajstić information content (AvgIpc) is 2.19. The fraction of sp³-hybridized carbons (Fsp3) is 0.455. The van der Waals surface area contributed by atoms with Gasteiger partial charge < -0.3 is 5.73 Å². The van der Waals surface area contributed by atoms with Crippen LogP contribution >= 0.6 is 0 Å². The summed E-state index contributed by atoms with van der Waals surface area (Å²) in [6.07, 6.45) is 2.81. The molecular formula is C11H15FN2O2S. The van der Waals surface area contributed by atoms with Crippen molar-refractivity contribution in [2.75, 3.05) is 12.8 Å². The highest BCUT2D eigenvalue weighted by molar-refractivity contribution is 7.89. The van der Waals surface area contributed by atoms with Gasteiger partial charge in [-0.1, -0.05) is 6.42 Å². The van der Waals surface area contributed by atoms with Crippen LogP contribution in [0.3, 0.4) is 0 Å². The summed E-state index contributed by atoms with van der Waals surface area (Å²) in [5.41, 5.74) is 5.24. The van der Waals surface area contributed by atoms with E-state index in [-0.39, 0.29) is 16.6 Å². The van der Waals surface area contributed by atoms with Crippen LogP contribution in [-0.2, 0) is 10.0 Å². The first-order valence-corrected chi connectivity index (χ1v) is 6.90. The maximum atomic E-state index is 13.0. The topological polar surface area (TPSA) is 63.4 Å². The van der Waals surface area contributed by atoms with E-state index in [2.05, 4.69) is 0 Å². The Hall–Kier alpha value is -1.14. The molecule has 6 heteroatoms. The van der Waals surface area contributed by atoms with Gasteiger partial charge in [-0.3, -0.25) is 0 Å². The Morgan fingerprint density at radius 3 is 2.53 bits per heavy atom. The van der Waals surface area contributed by atoms with E-state index in [4.69, 9.17) is 5.73 Å². The van der Waals surface area contributed by atoms with E-state index in [9.17, 15) is 12.8 Å². The molecule has 0 unspecified atom stereocenters. The van der Waals surface area contributed by atoms with Crippen LogP contribution in [-0.4, -0.2) is 25.8 Å². The summed E-state index contributed by atoms with van der Waals surface area (Å²) in [6.45, 7) is 0. The number of benzene rings is 1. The normalized spacial score (nSPS) is 17.1. The second-order valence-corrected chi connectivity index (χ2v) is 6.29. The van der Waals surface area contributed by atoms with Crippen molar-refractivity contribution in [1.82, 2.24) is 4.31 Å². The van der Waals surface area contributed by atoms with Crippen molar-refractivity contribution in [2.45, 2.75) is 30.2 Å². The number of halogens is 1. The van der Waals surface area contributed by atoms with Gasteiger partial charge in [0.25, 0.3) is 0 Å². The molecule has 0 radical (unpaired) electrons. The Balaban J connectivity index is 2.33. The molecule has 1 fully saturated rings. The van der Waals surface area contributed by atoms with Gasteiger partial charge in [-0.25, -0.2) is 12.8 Å². The quantitative estimate of drug-likeness (QED) is 0.837. The first-order valence-electron chi connectivity index (χ1n) is 5.46. The molecule has 2 rings (SSSR count). The molecule has 4 nitrogen and oxygen atoms in total. The van der Waals surface area contributed by atoms with Crippen molar-refractivity contribution in [3.8, 4) is 0 Å². The molecule has 17 heavy (non-hydrogen) atoms. The molecular weight excluding hydrogens is 243 g/mol. The van der Waals surface area contributed by atoms with Crippen LogP contribution in [0.15, 0.2) is 23.1 Å². The summed E-state index contributed by atoms with van der Waals surface area (Å²) in [6, 6.07) is 3.55. The maximum Gasteiger partial charge on any atom is 0.243 e. The zero-order valence-electron chi connectivity index (χ0n) is 9.56. The molecule has 0 heterocycles. The number of nitrogen functional groups attached to an aromatic ring is 1. The number of nitrogens with two attached hydrogens (primary N) is 1. The number of hydrogen-bond acceptors (Lipinski definition) is 3. The molecule has 1 aromatic carbocycles. The second kappa shape index (κ2) is 4.27. The zero-order valence-corrected chi connectivity index (χ0v) is 10.4. The molecule has 0 aromatic heterocycles. The van der Waals surface area contributed by atoms with E-state index in [1.807, 2.05) is 0 Å². The van der Waals surface area contributed by atoms with Gasteiger partial charge in [-0.05, 0) is 31.0 Å². The van der Waals surface area contributed by atoms with Crippen LogP contribution in [0, 0.1) is 5.82 Å². The summed E-state index contributed by atoms with van der Waals surface area (Å²) in [5, 5.41) is 0. The highest BCUT2D eigenvalue weighted by Gasteiger charge is 2.31. The minimum atomic E-state index is -3.55. The Kier molecular flexibility index (Phi) is 3.09. The van der Waals surface area contributed by atoms with E-state index in [1.54, 1.807) is 7.05 Å². The number of anilines is 1. The standard InChI is InChI=1S/C11H15FN2O2S/c1-14(8-3-2-4-8)17(15,16)9-5-6-10(12)11(13)7-9/h5-8H,2-4,13H2,1H3. The molecule has 2 N–H and O–H groups in total. The van der Waals surface area contributed by atoms with Crippen LogP contribution in [0.25, 0.3) is 0 Å². The van der Waals surface area contributed by atoms with Gasteiger partial charge >= 0.3 is 0 Å². The minimum absolute atomic E-state index is 0.0470. The minimum Gasteiger partial charge on any atom is -0.396 e. The van der Waals surface area contributed by atoms with E-state index in [0.717, 1.165) is 25.3 Å². The predicted octanol–water partition coefficient (Wildman–Crippen LogP) is 1.58. The summed E-state index contributed by atoms with van der Waals surface area (Å²) in [7, 11) is -2.00. The monoisotopic (exact) mass is 258 g/mol. The molecule has 0 bridgehead atoms. The molecule has 1 aliphatic carbocycles. The van der Waals surface area contributed by atoms with Crippen LogP contribution in [0.5, 0.6) is 0 Å². The Morgan fingerprint density at radius 2 is 2.06 bits per heavy atom. The third-order valence-corrected chi connectivity index (χ3v) is 5.14. The Labute approximate surface area is 100 Å². The lowest BCUT2D eigenvalue weighted by molar-refractivity contribution is 0.249. The zero-order chi connectivity index (χ0) is 12.6. The lowest BCUT2D eigenvalue weighted by atomic mass is 9.94. The van der Waals surface area contributed by atoms with Crippen LogP contribution in [0.1, 0.15) is 19.3 Å². The lowest BCUT2D eigenvalue weighted by Crippen LogP contribution is -2.41. The van der Waals surface area contributed by atoms with Crippen molar-refractivity contribution in [2.24, 2.45) is 0 Å². The number of nitrogens with zero attached hydrogens (tertiary/aromatic N) is 1. The molecule has 0 amide bonds. The molecule has 1 aliphatic rings. The van der Waals surface area contributed by atoms with E-state index in [0.29, 0.717) is 0 Å². The highest BCUT2D eigenvalue weighted by Crippen LogP contribution is 2.29. The van der Waals surface area contributed by atoms with Gasteiger partial charge in [0.15, 0.2) is 0 Å². The summed E-state index contributed by atoms with van der Waals surface area (Å²) in [4.78, 5) is 0.0470. The molecule has 0 spiro atoms. The lowest BCUT2D eigenvalue weighted by Gasteiger charge is -2.33. The smallest absolute Gasteiger partial charge is 0.243 e. The van der Waals surface area contributed by atoms with Crippen LogP contribution in [0.2, 0.25) is 0 Å². The number of hydrogen-bond donors (Lipinski definition) is 1. The summed E-state index contributed by atoms with van der Waals surface area (Å²) < 4.78 is 38.7. The molecule has 94 valence electrons. The highest BCUT2D eigenvalue weighted by atomic mass is 32.2. The largest absolute Gasteiger partial charge is 0.396 e. The van der Waals surface area contributed by atoms with E-state index < -0.39 is 15.8 Å². The SMILES string of the molecule is CN(C1CCC1)S(=O)(=O)c1ccc(F)c(N)c1. The van der Waals surface area contributed by atoms with Crippen LogP contribution < -0.4 is 5.73 Å². The van der Waals surface area contributed by atoms with Crippen molar-refractivity contribution in [1.29, 1.82) is 0 Å². The molecule has 1 aromatic rings. The molecule has 1 saturated carbocycles. The second-order valence-electron chi connectivity index (χ2n) is 4.29. The van der Waals surface area contributed by atoms with Gasteiger partial charge in [-0.2, -0.15) is 4.31 Å². The summed E-state index contributed by atoms with van der Waals surface area (Å²) >= 11 is 0. The Bertz CT molecular complexity index is 526. The van der Waals surface area contributed by atoms with Gasteiger partial charge in [0.1, 0.15) is 5.82 Å². The average molecular weight is 258 g/mol. The number of sulfonamides is 1. The number of rotatable bonds is 3. The van der Waals surface area contributed by atoms with Gasteiger partial charge in [0.2, 0.25) is 10.0 Å². The van der Waals surface area contributed by atoms with Crippen LogP contribution in [0.4, 0.5) is 10.1 Å². The van der Waals surface area contributed by atoms with Gasteiger partial charge in [0, 0.05) is 13.1 Å². The molecule has 0 aliphatic heterocycles. The molecule has 0 atom stereocenters. The first kappa shape index (κ1) is 12.3. The maximum absolute atomic E-state index is 13.0. The fourth-order valence-electron chi connectivity index (χ4n) is 1.80. The van der Waals surface area contributed by atoms with Crippen molar-refractivity contribution in [3.05, 3.63) is 24.0 Å². The Morgan fingerprint density at radius 1 is 1.41 bits per heavy atom. The van der Waals surface area contributed by atoms with Crippen molar-refractivity contribution >= 4 is 15.7 Å². The van der Waals surface area contributed by atoms with Gasteiger partial charge in [-0.15, -0.1) is 0 Å². The molecule has 0 saturated heterocycles. The first-order chi connectivity index (χ1) is 7.93. The third kappa shape index (κ3) is 2.14. The van der Waals surface area contributed by atoms with Gasteiger partial charge in [0.05, 0.1) is 10.6 Å². The van der Waals surface area contributed by atoms with E-state index in [1.165, 1.54) is 16.4 Å².